The van der Waals surface area contributed by atoms with Gasteiger partial charge in [-0.2, -0.15) is 0 Å². The lowest BCUT2D eigenvalue weighted by atomic mass is 9.99. The molecule has 0 aliphatic rings. The van der Waals surface area contributed by atoms with Crippen molar-refractivity contribution in [2.75, 3.05) is 0 Å². The molecule has 0 fully saturated rings. The second kappa shape index (κ2) is 6.02. The summed E-state index contributed by atoms with van der Waals surface area (Å²) in [5, 5.41) is 12.5. The topological polar surface area (TPSA) is 33.1 Å². The minimum Gasteiger partial charge on any atom is -0.388 e. The van der Waals surface area contributed by atoms with Crippen LogP contribution < -0.4 is 0 Å². The van der Waals surface area contributed by atoms with Crippen LogP contribution in [0.5, 0.6) is 0 Å². The minimum absolute atomic E-state index is 0.398. The molecule has 21 heavy (non-hydrogen) atoms. The molecule has 3 rings (SSSR count). The van der Waals surface area contributed by atoms with E-state index in [1.165, 1.54) is 0 Å². The van der Waals surface area contributed by atoms with Gasteiger partial charge in [0.2, 0.25) is 0 Å². The molecule has 2 aromatic carbocycles. The molecule has 1 atom stereocenters. The van der Waals surface area contributed by atoms with Crippen molar-refractivity contribution in [3.8, 4) is 0 Å². The number of hydrogen-bond acceptors (Lipinski definition) is 2. The van der Waals surface area contributed by atoms with E-state index in [4.69, 9.17) is 23.2 Å². The maximum Gasteiger partial charge on any atom is 0.0851 e. The average Bonchev–Trinajstić information content (AvgIpc) is 2.51. The molecule has 1 heterocycles. The Kier molecular flexibility index (Phi) is 4.11. The van der Waals surface area contributed by atoms with Crippen molar-refractivity contribution in [1.82, 2.24) is 4.98 Å². The number of para-hydroxylation sites is 1. The fourth-order valence-electron chi connectivity index (χ4n) is 2.42. The van der Waals surface area contributed by atoms with E-state index in [-0.39, 0.29) is 0 Å². The smallest absolute Gasteiger partial charge is 0.0851 e. The van der Waals surface area contributed by atoms with Gasteiger partial charge in [0.1, 0.15) is 0 Å². The van der Waals surface area contributed by atoms with Gasteiger partial charge in [0.05, 0.1) is 21.7 Å². The highest BCUT2D eigenvalue weighted by molar-refractivity contribution is 6.42. The second-order valence-electron chi connectivity index (χ2n) is 4.86. The fourth-order valence-corrected chi connectivity index (χ4v) is 2.82. The average molecular weight is 318 g/mol. The number of nitrogens with zero attached hydrogens (tertiary/aromatic N) is 1. The standard InChI is InChI=1S/C17H13Cl2NO/c18-14-8-2-5-12(16(14)19)10-15(21)13-7-1-4-11-6-3-9-20-17(11)13/h1-9,15,21H,10H2. The molecule has 0 amide bonds. The minimum atomic E-state index is -0.681. The van der Waals surface area contributed by atoms with Crippen LogP contribution in [-0.2, 0) is 6.42 Å². The van der Waals surface area contributed by atoms with Crippen molar-refractivity contribution >= 4 is 34.1 Å². The van der Waals surface area contributed by atoms with E-state index in [1.807, 2.05) is 42.5 Å². The molecule has 1 N–H and O–H groups in total. The Morgan fingerprint density at radius 2 is 1.76 bits per heavy atom. The number of fused-ring (bicyclic) bond motifs is 1. The predicted molar refractivity (Wildman–Crippen MR) is 86.9 cm³/mol. The number of pyridine rings is 1. The van der Waals surface area contributed by atoms with Gasteiger partial charge in [-0.05, 0) is 17.7 Å². The van der Waals surface area contributed by atoms with Crippen molar-refractivity contribution in [2.24, 2.45) is 0 Å². The first-order valence-electron chi connectivity index (χ1n) is 6.61. The van der Waals surface area contributed by atoms with Gasteiger partial charge in [0.15, 0.2) is 0 Å². The van der Waals surface area contributed by atoms with Crippen LogP contribution in [0, 0.1) is 0 Å². The first-order chi connectivity index (χ1) is 10.2. The molecule has 0 aliphatic carbocycles. The molecule has 0 aliphatic heterocycles. The molecule has 3 aromatic rings. The zero-order chi connectivity index (χ0) is 14.8. The van der Waals surface area contributed by atoms with E-state index in [2.05, 4.69) is 4.98 Å². The Hall–Kier alpha value is -1.61. The summed E-state index contributed by atoms with van der Waals surface area (Å²) in [4.78, 5) is 4.36. The molecular formula is C17H13Cl2NO. The van der Waals surface area contributed by atoms with Gasteiger partial charge in [0.25, 0.3) is 0 Å². The summed E-state index contributed by atoms with van der Waals surface area (Å²) in [7, 11) is 0. The van der Waals surface area contributed by atoms with Gasteiger partial charge in [-0.25, -0.2) is 0 Å². The lowest BCUT2D eigenvalue weighted by Crippen LogP contribution is -2.04. The van der Waals surface area contributed by atoms with E-state index in [1.54, 1.807) is 12.3 Å². The maximum atomic E-state index is 10.5. The van der Waals surface area contributed by atoms with Gasteiger partial charge in [-0.1, -0.05) is 59.6 Å². The van der Waals surface area contributed by atoms with Crippen LogP contribution in [0.3, 0.4) is 0 Å². The summed E-state index contributed by atoms with van der Waals surface area (Å²) in [6, 6.07) is 15.1. The number of benzene rings is 2. The van der Waals surface area contributed by atoms with Crippen LogP contribution in [0.4, 0.5) is 0 Å². The van der Waals surface area contributed by atoms with Crippen molar-refractivity contribution in [3.05, 3.63) is 75.9 Å². The summed E-state index contributed by atoms with van der Waals surface area (Å²) in [6.45, 7) is 0. The number of aliphatic hydroxyl groups is 1. The summed E-state index contributed by atoms with van der Waals surface area (Å²) in [5.74, 6) is 0. The molecule has 2 nitrogen and oxygen atoms in total. The first kappa shape index (κ1) is 14.3. The van der Waals surface area contributed by atoms with Gasteiger partial charge < -0.3 is 5.11 Å². The summed E-state index contributed by atoms with van der Waals surface area (Å²) in [5.41, 5.74) is 2.43. The third-order valence-electron chi connectivity index (χ3n) is 3.47. The summed E-state index contributed by atoms with van der Waals surface area (Å²) < 4.78 is 0. The highest BCUT2D eigenvalue weighted by Gasteiger charge is 2.15. The van der Waals surface area contributed by atoms with Crippen LogP contribution in [0.25, 0.3) is 10.9 Å². The Morgan fingerprint density at radius 1 is 1.00 bits per heavy atom. The van der Waals surface area contributed by atoms with Crippen molar-refractivity contribution < 1.29 is 5.11 Å². The third kappa shape index (κ3) is 2.88. The number of aromatic nitrogens is 1. The predicted octanol–water partition coefficient (Wildman–Crippen LogP) is 4.82. The van der Waals surface area contributed by atoms with Gasteiger partial charge >= 0.3 is 0 Å². The number of hydrogen-bond donors (Lipinski definition) is 1. The maximum absolute atomic E-state index is 10.5. The first-order valence-corrected chi connectivity index (χ1v) is 7.37. The number of halogens is 2. The van der Waals surface area contributed by atoms with Gasteiger partial charge in [-0.3, -0.25) is 4.98 Å². The van der Waals surface area contributed by atoms with E-state index < -0.39 is 6.10 Å². The van der Waals surface area contributed by atoms with Crippen LogP contribution in [0.2, 0.25) is 10.0 Å². The van der Waals surface area contributed by atoms with E-state index >= 15 is 0 Å². The number of aliphatic hydroxyl groups excluding tert-OH is 1. The van der Waals surface area contributed by atoms with Crippen molar-refractivity contribution in [2.45, 2.75) is 12.5 Å². The SMILES string of the molecule is OC(Cc1cccc(Cl)c1Cl)c1cccc2cccnc12. The highest BCUT2D eigenvalue weighted by atomic mass is 35.5. The highest BCUT2D eigenvalue weighted by Crippen LogP contribution is 2.31. The van der Waals surface area contributed by atoms with Gasteiger partial charge in [-0.15, -0.1) is 0 Å². The Labute approximate surface area is 133 Å². The Balaban J connectivity index is 1.97. The monoisotopic (exact) mass is 317 g/mol. The van der Waals surface area contributed by atoms with E-state index in [0.717, 1.165) is 22.0 Å². The molecule has 106 valence electrons. The van der Waals surface area contributed by atoms with E-state index in [9.17, 15) is 5.11 Å². The van der Waals surface area contributed by atoms with Crippen LogP contribution in [0.15, 0.2) is 54.7 Å². The normalized spacial score (nSPS) is 12.5. The summed E-state index contributed by atoms with van der Waals surface area (Å²) in [6.07, 6.45) is 1.44. The molecule has 0 spiro atoms. The Bertz CT molecular complexity index is 783. The molecule has 0 saturated carbocycles. The van der Waals surface area contributed by atoms with Crippen molar-refractivity contribution in [1.29, 1.82) is 0 Å². The Morgan fingerprint density at radius 3 is 2.62 bits per heavy atom. The van der Waals surface area contributed by atoms with E-state index in [0.29, 0.717) is 16.5 Å². The molecule has 0 saturated heterocycles. The second-order valence-corrected chi connectivity index (χ2v) is 5.64. The molecule has 0 bridgehead atoms. The molecule has 0 radical (unpaired) electrons. The quantitative estimate of drug-likeness (QED) is 0.751. The molecule has 1 unspecified atom stereocenters. The zero-order valence-corrected chi connectivity index (χ0v) is 12.6. The number of rotatable bonds is 3. The zero-order valence-electron chi connectivity index (χ0n) is 11.1. The van der Waals surface area contributed by atoms with Crippen LogP contribution in [-0.4, -0.2) is 10.1 Å². The fraction of sp³-hybridized carbons (Fsp3) is 0.118. The van der Waals surface area contributed by atoms with Gasteiger partial charge in [0, 0.05) is 23.6 Å². The molecule has 4 heteroatoms. The van der Waals surface area contributed by atoms with Crippen LogP contribution in [0.1, 0.15) is 17.2 Å². The summed E-state index contributed by atoms with van der Waals surface area (Å²) >= 11 is 12.2. The molecular weight excluding hydrogens is 305 g/mol. The van der Waals surface area contributed by atoms with Crippen molar-refractivity contribution in [3.63, 3.8) is 0 Å². The lowest BCUT2D eigenvalue weighted by molar-refractivity contribution is 0.180. The third-order valence-corrected chi connectivity index (χ3v) is 4.33. The lowest BCUT2D eigenvalue weighted by Gasteiger charge is -2.14. The largest absolute Gasteiger partial charge is 0.388 e. The van der Waals surface area contributed by atoms with Crippen LogP contribution >= 0.6 is 23.2 Å². The molecule has 1 aromatic heterocycles.